The molecule has 140 valence electrons. The number of hydrogen-bond donors (Lipinski definition) is 1. The van der Waals surface area contributed by atoms with Crippen LogP contribution in [0.5, 0.6) is 11.5 Å². The highest BCUT2D eigenvalue weighted by molar-refractivity contribution is 6.29. The van der Waals surface area contributed by atoms with E-state index in [1.165, 1.54) is 6.08 Å². The van der Waals surface area contributed by atoms with E-state index in [4.69, 9.17) is 26.2 Å². The molecule has 0 aromatic heterocycles. The van der Waals surface area contributed by atoms with E-state index >= 15 is 0 Å². The monoisotopic (exact) mass is 386 g/mol. The third-order valence-corrected chi connectivity index (χ3v) is 3.54. The number of carbonyl (C=O) groups is 2. The fraction of sp³-hybridized carbons (Fsp3) is 0.143. The first-order valence-corrected chi connectivity index (χ1v) is 8.55. The minimum absolute atomic E-state index is 0.0549. The van der Waals surface area contributed by atoms with Gasteiger partial charge in [-0.05, 0) is 48.0 Å². The van der Waals surface area contributed by atoms with E-state index < -0.39 is 5.97 Å². The van der Waals surface area contributed by atoms with Gasteiger partial charge in [-0.25, -0.2) is 0 Å². The lowest BCUT2D eigenvalue weighted by Crippen LogP contribution is -2.04. The van der Waals surface area contributed by atoms with Crippen LogP contribution in [0.25, 0.3) is 6.08 Å². The van der Waals surface area contributed by atoms with Crippen LogP contribution in [0.4, 0.5) is 0 Å². The van der Waals surface area contributed by atoms with E-state index in [0.29, 0.717) is 22.1 Å². The standard InChI is InChI=1S/C21H19ClO5/c1-15(22)14-27-19-9-5-17(6-10-19)20(23)11-4-16-2-7-18(8-3-16)26-13-12-21(24)25/h2-11H,1,12-14H2,(H,24,25)/b11-4+. The molecule has 0 aliphatic rings. The van der Waals surface area contributed by atoms with Gasteiger partial charge in [-0.15, -0.1) is 0 Å². The second kappa shape index (κ2) is 10.2. The molecule has 2 aromatic rings. The van der Waals surface area contributed by atoms with Crippen molar-refractivity contribution >= 4 is 29.4 Å². The summed E-state index contributed by atoms with van der Waals surface area (Å²) < 4.78 is 10.7. The number of hydrogen-bond acceptors (Lipinski definition) is 4. The highest BCUT2D eigenvalue weighted by atomic mass is 35.5. The van der Waals surface area contributed by atoms with Crippen LogP contribution in [0.15, 0.2) is 66.2 Å². The van der Waals surface area contributed by atoms with Crippen molar-refractivity contribution in [3.8, 4) is 11.5 Å². The Hall–Kier alpha value is -3.05. The molecule has 0 bridgehead atoms. The molecule has 0 heterocycles. The van der Waals surface area contributed by atoms with E-state index in [9.17, 15) is 9.59 Å². The first kappa shape index (κ1) is 20.3. The number of benzene rings is 2. The van der Waals surface area contributed by atoms with Crippen LogP contribution in [0.1, 0.15) is 22.3 Å². The first-order valence-electron chi connectivity index (χ1n) is 8.17. The van der Waals surface area contributed by atoms with Crippen molar-refractivity contribution in [1.29, 1.82) is 0 Å². The maximum atomic E-state index is 12.2. The molecule has 0 radical (unpaired) electrons. The molecule has 0 aliphatic heterocycles. The van der Waals surface area contributed by atoms with Crippen molar-refractivity contribution in [1.82, 2.24) is 0 Å². The molecule has 0 spiro atoms. The predicted octanol–water partition coefficient (Wildman–Crippen LogP) is 4.57. The summed E-state index contributed by atoms with van der Waals surface area (Å²) in [4.78, 5) is 22.7. The Morgan fingerprint density at radius 2 is 1.59 bits per heavy atom. The number of ether oxygens (including phenoxy) is 2. The highest BCUT2D eigenvalue weighted by Crippen LogP contribution is 2.16. The number of carboxylic acid groups (broad SMARTS) is 1. The summed E-state index contributed by atoms with van der Waals surface area (Å²) in [5.74, 6) is 0.146. The summed E-state index contributed by atoms with van der Waals surface area (Å²) in [6, 6.07) is 13.8. The lowest BCUT2D eigenvalue weighted by molar-refractivity contribution is -0.137. The molecule has 2 aromatic carbocycles. The minimum atomic E-state index is -0.905. The Morgan fingerprint density at radius 3 is 2.19 bits per heavy atom. The summed E-state index contributed by atoms with van der Waals surface area (Å²) >= 11 is 5.64. The van der Waals surface area contributed by atoms with Crippen LogP contribution in [0.3, 0.4) is 0 Å². The van der Waals surface area contributed by atoms with Gasteiger partial charge in [-0.1, -0.05) is 36.4 Å². The predicted molar refractivity (Wildman–Crippen MR) is 104 cm³/mol. The van der Waals surface area contributed by atoms with Crippen molar-refractivity contribution in [2.24, 2.45) is 0 Å². The van der Waals surface area contributed by atoms with Crippen molar-refractivity contribution in [3.05, 3.63) is 77.3 Å². The van der Waals surface area contributed by atoms with Gasteiger partial charge in [0.2, 0.25) is 0 Å². The van der Waals surface area contributed by atoms with Gasteiger partial charge < -0.3 is 14.6 Å². The second-order valence-electron chi connectivity index (χ2n) is 5.59. The Bertz CT molecular complexity index is 823. The lowest BCUT2D eigenvalue weighted by Gasteiger charge is -2.05. The molecule has 0 amide bonds. The largest absolute Gasteiger partial charge is 0.493 e. The molecule has 2 rings (SSSR count). The van der Waals surface area contributed by atoms with Gasteiger partial charge in [0, 0.05) is 10.6 Å². The molecule has 0 saturated carbocycles. The number of carboxylic acids is 1. The van der Waals surface area contributed by atoms with E-state index in [1.807, 2.05) is 0 Å². The zero-order chi connectivity index (χ0) is 19.6. The average molecular weight is 387 g/mol. The van der Waals surface area contributed by atoms with Gasteiger partial charge in [0.15, 0.2) is 5.78 Å². The van der Waals surface area contributed by atoms with Gasteiger partial charge in [0.25, 0.3) is 0 Å². The Labute approximate surface area is 162 Å². The molecule has 5 nitrogen and oxygen atoms in total. The fourth-order valence-corrected chi connectivity index (χ4v) is 2.13. The summed E-state index contributed by atoms with van der Waals surface area (Å²) in [7, 11) is 0. The first-order chi connectivity index (χ1) is 12.9. The van der Waals surface area contributed by atoms with Crippen molar-refractivity contribution in [2.75, 3.05) is 13.2 Å². The van der Waals surface area contributed by atoms with Crippen molar-refractivity contribution in [2.45, 2.75) is 6.42 Å². The van der Waals surface area contributed by atoms with Gasteiger partial charge >= 0.3 is 5.97 Å². The molecule has 0 fully saturated rings. The van der Waals surface area contributed by atoms with Gasteiger partial charge in [-0.2, -0.15) is 0 Å². The maximum absolute atomic E-state index is 12.2. The maximum Gasteiger partial charge on any atom is 0.306 e. The van der Waals surface area contributed by atoms with Crippen LogP contribution >= 0.6 is 11.6 Å². The van der Waals surface area contributed by atoms with Crippen LogP contribution in [0, 0.1) is 0 Å². The highest BCUT2D eigenvalue weighted by Gasteiger charge is 2.03. The molecular weight excluding hydrogens is 368 g/mol. The van der Waals surface area contributed by atoms with E-state index in [2.05, 4.69) is 6.58 Å². The minimum Gasteiger partial charge on any atom is -0.493 e. The molecule has 1 N–H and O–H groups in total. The number of allylic oxidation sites excluding steroid dienone is 1. The van der Waals surface area contributed by atoms with Gasteiger partial charge in [0.1, 0.15) is 18.1 Å². The van der Waals surface area contributed by atoms with Gasteiger partial charge in [0.05, 0.1) is 13.0 Å². The SMILES string of the molecule is C=C(Cl)COc1ccc(C(=O)/C=C/c2ccc(OCCC(=O)O)cc2)cc1. The summed E-state index contributed by atoms with van der Waals surface area (Å²) in [5, 5.41) is 8.98. The van der Waals surface area contributed by atoms with Crippen LogP contribution in [0.2, 0.25) is 0 Å². The average Bonchev–Trinajstić information content (AvgIpc) is 2.65. The molecule has 0 saturated heterocycles. The van der Waals surface area contributed by atoms with E-state index in [1.54, 1.807) is 54.6 Å². The third kappa shape index (κ3) is 7.38. The summed E-state index contributed by atoms with van der Waals surface area (Å²) in [6.45, 7) is 3.87. The zero-order valence-corrected chi connectivity index (χ0v) is 15.3. The molecular formula is C21H19ClO5. The number of rotatable bonds is 10. The number of aliphatic carboxylic acids is 1. The number of halogens is 1. The molecule has 6 heteroatoms. The normalized spacial score (nSPS) is 10.6. The Morgan fingerprint density at radius 1 is 1.00 bits per heavy atom. The molecule has 0 aliphatic carbocycles. The van der Waals surface area contributed by atoms with Crippen molar-refractivity contribution < 1.29 is 24.2 Å². The smallest absolute Gasteiger partial charge is 0.306 e. The molecule has 27 heavy (non-hydrogen) atoms. The summed E-state index contributed by atoms with van der Waals surface area (Å²) in [6.07, 6.45) is 3.13. The topological polar surface area (TPSA) is 72.8 Å². The van der Waals surface area contributed by atoms with E-state index in [0.717, 1.165) is 5.56 Å². The molecule has 0 atom stereocenters. The number of carbonyl (C=O) groups excluding carboxylic acids is 1. The lowest BCUT2D eigenvalue weighted by atomic mass is 10.1. The van der Waals surface area contributed by atoms with Crippen LogP contribution in [-0.4, -0.2) is 30.1 Å². The quantitative estimate of drug-likeness (QED) is 0.478. The fourth-order valence-electron chi connectivity index (χ4n) is 2.08. The number of ketones is 1. The van der Waals surface area contributed by atoms with Crippen molar-refractivity contribution in [3.63, 3.8) is 0 Å². The van der Waals surface area contributed by atoms with E-state index in [-0.39, 0.29) is 25.4 Å². The Kier molecular flexibility index (Phi) is 7.64. The van der Waals surface area contributed by atoms with Gasteiger partial charge in [-0.3, -0.25) is 9.59 Å². The Balaban J connectivity index is 1.90. The summed E-state index contributed by atoms with van der Waals surface area (Å²) in [5.41, 5.74) is 1.37. The third-order valence-electron chi connectivity index (χ3n) is 3.43. The second-order valence-corrected chi connectivity index (χ2v) is 6.12. The van der Waals surface area contributed by atoms with Crippen LogP contribution < -0.4 is 9.47 Å². The molecule has 0 unspecified atom stereocenters. The zero-order valence-electron chi connectivity index (χ0n) is 14.6. The van der Waals surface area contributed by atoms with Crippen LogP contribution in [-0.2, 0) is 4.79 Å².